The van der Waals surface area contributed by atoms with E-state index in [2.05, 4.69) is 24.8 Å². The Labute approximate surface area is 157 Å². The fraction of sp³-hybridized carbons (Fsp3) is 0.538. The van der Waals surface area contributed by atoms with Crippen molar-refractivity contribution in [3.05, 3.63) is 12.7 Å². The SMILES string of the molecule is CC(=O)NC[C@H](OP(=O)(O)O)[C@H]1O[C@@H](n2cnc3c(N)ncnc32)[C@H](O)[C@@H]1O. The predicted molar refractivity (Wildman–Crippen MR) is 91.3 cm³/mol. The monoisotopic (exact) mass is 418 g/mol. The minimum atomic E-state index is -4.99. The Morgan fingerprint density at radius 1 is 1.39 bits per heavy atom. The standard InChI is InChI=1S/C13H19N6O8P/c1-5(20)15-2-6(27-28(23,24)25)10-8(21)9(22)13(26-10)19-4-18-7-11(14)16-3-17-12(7)19/h3-4,6,8-10,13,21-22H,2H2,1H3,(H,15,20)(H2,14,16,17)(H2,23,24,25)/t6-,8-,9+,10+,13+/m0/s1. The number of amides is 1. The zero-order valence-electron chi connectivity index (χ0n) is 14.5. The summed E-state index contributed by atoms with van der Waals surface area (Å²) in [6.07, 6.45) is -4.69. The van der Waals surface area contributed by atoms with E-state index in [0.29, 0.717) is 0 Å². The minimum Gasteiger partial charge on any atom is -0.387 e. The number of aromatic nitrogens is 4. The molecule has 0 bridgehead atoms. The Balaban J connectivity index is 1.89. The lowest BCUT2D eigenvalue weighted by molar-refractivity contribution is -0.120. The molecule has 154 valence electrons. The number of phosphoric acid groups is 1. The van der Waals surface area contributed by atoms with Gasteiger partial charge in [-0.1, -0.05) is 0 Å². The number of aliphatic hydroxyl groups excluding tert-OH is 2. The number of nitrogen functional groups attached to an aromatic ring is 1. The van der Waals surface area contributed by atoms with E-state index in [1.54, 1.807) is 0 Å². The van der Waals surface area contributed by atoms with Crippen LogP contribution in [0.2, 0.25) is 0 Å². The maximum absolute atomic E-state index is 11.3. The van der Waals surface area contributed by atoms with Crippen LogP contribution in [-0.4, -0.2) is 76.4 Å². The summed E-state index contributed by atoms with van der Waals surface area (Å²) in [4.78, 5) is 41.2. The Morgan fingerprint density at radius 2 is 2.11 bits per heavy atom. The van der Waals surface area contributed by atoms with Crippen molar-refractivity contribution >= 4 is 30.7 Å². The topological polar surface area (TPSA) is 215 Å². The number of imidazole rings is 1. The molecule has 0 aliphatic carbocycles. The second-order valence-corrected chi connectivity index (χ2v) is 7.32. The third-order valence-corrected chi connectivity index (χ3v) is 4.67. The third-order valence-electron chi connectivity index (χ3n) is 4.13. The molecule has 0 spiro atoms. The number of anilines is 1. The van der Waals surface area contributed by atoms with Crippen LogP contribution in [0.1, 0.15) is 13.2 Å². The van der Waals surface area contributed by atoms with Gasteiger partial charge >= 0.3 is 7.82 Å². The number of fused-ring (bicyclic) bond motifs is 1. The Morgan fingerprint density at radius 3 is 2.75 bits per heavy atom. The average Bonchev–Trinajstić information content (AvgIpc) is 3.14. The molecule has 1 saturated heterocycles. The second kappa shape index (κ2) is 7.67. The number of nitrogens with two attached hydrogens (primary N) is 1. The van der Waals surface area contributed by atoms with Gasteiger partial charge in [0.05, 0.1) is 6.33 Å². The van der Waals surface area contributed by atoms with E-state index in [1.807, 2.05) is 0 Å². The molecule has 3 rings (SSSR count). The summed E-state index contributed by atoms with van der Waals surface area (Å²) in [6.45, 7) is 0.821. The summed E-state index contributed by atoms with van der Waals surface area (Å²) in [5, 5.41) is 23.1. The molecular formula is C13H19N6O8P. The number of carbonyl (C=O) groups excluding carboxylic acids is 1. The highest BCUT2D eigenvalue weighted by atomic mass is 31.2. The van der Waals surface area contributed by atoms with Crippen molar-refractivity contribution in [3.63, 3.8) is 0 Å². The summed E-state index contributed by atoms with van der Waals surface area (Å²) in [7, 11) is -4.99. The van der Waals surface area contributed by atoms with Crippen molar-refractivity contribution in [1.29, 1.82) is 0 Å². The highest BCUT2D eigenvalue weighted by molar-refractivity contribution is 7.46. The van der Waals surface area contributed by atoms with Crippen molar-refractivity contribution in [1.82, 2.24) is 24.8 Å². The van der Waals surface area contributed by atoms with Crippen molar-refractivity contribution in [2.75, 3.05) is 12.3 Å². The van der Waals surface area contributed by atoms with E-state index < -0.39 is 44.4 Å². The summed E-state index contributed by atoms with van der Waals surface area (Å²) in [5.74, 6) is -0.390. The first-order chi connectivity index (χ1) is 13.1. The van der Waals surface area contributed by atoms with Gasteiger partial charge in [0.2, 0.25) is 5.91 Å². The van der Waals surface area contributed by atoms with Crippen molar-refractivity contribution < 1.29 is 38.6 Å². The number of nitrogens with one attached hydrogen (secondary N) is 1. The zero-order chi connectivity index (χ0) is 20.6. The lowest BCUT2D eigenvalue weighted by Gasteiger charge is -2.26. The number of phosphoric ester groups is 1. The number of rotatable bonds is 6. The lowest BCUT2D eigenvalue weighted by Crippen LogP contribution is -2.45. The van der Waals surface area contributed by atoms with Crippen molar-refractivity contribution in [2.24, 2.45) is 0 Å². The molecule has 5 atom stereocenters. The highest BCUT2D eigenvalue weighted by Gasteiger charge is 2.49. The van der Waals surface area contributed by atoms with Gasteiger partial charge in [-0.25, -0.2) is 19.5 Å². The molecule has 28 heavy (non-hydrogen) atoms. The first kappa shape index (κ1) is 20.5. The number of carbonyl (C=O) groups is 1. The van der Waals surface area contributed by atoms with Gasteiger partial charge in [0.1, 0.15) is 36.3 Å². The molecule has 1 amide bonds. The molecule has 1 fully saturated rings. The van der Waals surface area contributed by atoms with E-state index in [0.717, 1.165) is 0 Å². The van der Waals surface area contributed by atoms with Crippen LogP contribution >= 0.6 is 7.82 Å². The van der Waals surface area contributed by atoms with Gasteiger partial charge in [0.25, 0.3) is 0 Å². The number of nitrogens with zero attached hydrogens (tertiary/aromatic N) is 4. The highest BCUT2D eigenvalue weighted by Crippen LogP contribution is 2.42. The summed E-state index contributed by atoms with van der Waals surface area (Å²) in [6, 6.07) is 0. The molecule has 2 aromatic rings. The van der Waals surface area contributed by atoms with Crippen LogP contribution in [0.4, 0.5) is 5.82 Å². The van der Waals surface area contributed by atoms with Crippen molar-refractivity contribution in [3.8, 4) is 0 Å². The predicted octanol–water partition coefficient (Wildman–Crippen LogP) is -2.36. The number of hydrogen-bond donors (Lipinski definition) is 6. The molecule has 3 heterocycles. The second-order valence-electron chi connectivity index (χ2n) is 6.13. The molecule has 0 aromatic carbocycles. The van der Waals surface area contributed by atoms with Gasteiger partial charge in [-0.15, -0.1) is 0 Å². The molecule has 1 aliphatic rings. The van der Waals surface area contributed by atoms with Crippen LogP contribution in [0, 0.1) is 0 Å². The third kappa shape index (κ3) is 4.12. The first-order valence-electron chi connectivity index (χ1n) is 8.01. The maximum Gasteiger partial charge on any atom is 0.470 e. The van der Waals surface area contributed by atoms with Crippen LogP contribution in [0.15, 0.2) is 12.7 Å². The Hall–Kier alpha value is -2.19. The molecule has 2 aromatic heterocycles. The maximum atomic E-state index is 11.3. The fourth-order valence-corrected chi connectivity index (χ4v) is 3.46. The average molecular weight is 418 g/mol. The van der Waals surface area contributed by atoms with E-state index in [4.69, 9.17) is 20.3 Å². The Kier molecular flexibility index (Phi) is 5.63. The van der Waals surface area contributed by atoms with Gasteiger partial charge in [0, 0.05) is 13.5 Å². The molecule has 0 radical (unpaired) electrons. The molecule has 7 N–H and O–H groups in total. The van der Waals surface area contributed by atoms with Crippen molar-refractivity contribution in [2.45, 2.75) is 37.6 Å². The van der Waals surface area contributed by atoms with Gasteiger partial charge in [-0.3, -0.25) is 13.9 Å². The van der Waals surface area contributed by atoms with Gasteiger partial charge in [-0.2, -0.15) is 0 Å². The smallest absolute Gasteiger partial charge is 0.387 e. The van der Waals surface area contributed by atoms with Gasteiger partial charge < -0.3 is 35.8 Å². The summed E-state index contributed by atoms with van der Waals surface area (Å²) >= 11 is 0. The van der Waals surface area contributed by atoms with Crippen LogP contribution in [-0.2, 0) is 18.6 Å². The number of aliphatic hydroxyl groups is 2. The quantitative estimate of drug-likeness (QED) is 0.272. The number of hydrogen-bond acceptors (Lipinski definition) is 10. The van der Waals surface area contributed by atoms with Crippen LogP contribution in [0.5, 0.6) is 0 Å². The largest absolute Gasteiger partial charge is 0.470 e. The van der Waals surface area contributed by atoms with E-state index in [1.165, 1.54) is 24.1 Å². The minimum absolute atomic E-state index is 0.0988. The lowest BCUT2D eigenvalue weighted by atomic mass is 10.1. The molecule has 14 nitrogen and oxygen atoms in total. The number of ether oxygens (including phenoxy) is 1. The molecule has 15 heteroatoms. The molecular weight excluding hydrogens is 399 g/mol. The zero-order valence-corrected chi connectivity index (χ0v) is 15.4. The van der Waals surface area contributed by atoms with Crippen LogP contribution in [0.3, 0.4) is 0 Å². The van der Waals surface area contributed by atoms with E-state index >= 15 is 0 Å². The summed E-state index contributed by atoms with van der Waals surface area (Å²) in [5.41, 5.74) is 6.19. The first-order valence-corrected chi connectivity index (χ1v) is 9.54. The normalized spacial score (nSPS) is 26.5. The van der Waals surface area contributed by atoms with Gasteiger partial charge in [0.15, 0.2) is 17.7 Å². The molecule has 1 aliphatic heterocycles. The summed E-state index contributed by atoms with van der Waals surface area (Å²) < 4.78 is 22.8. The van der Waals surface area contributed by atoms with E-state index in [-0.39, 0.29) is 23.5 Å². The van der Waals surface area contributed by atoms with E-state index in [9.17, 15) is 19.6 Å². The van der Waals surface area contributed by atoms with Crippen LogP contribution in [0.25, 0.3) is 11.2 Å². The molecule has 0 saturated carbocycles. The van der Waals surface area contributed by atoms with Crippen LogP contribution < -0.4 is 11.1 Å². The Bertz CT molecular complexity index is 918. The fourth-order valence-electron chi connectivity index (χ4n) is 2.91. The van der Waals surface area contributed by atoms with Gasteiger partial charge in [-0.05, 0) is 0 Å². The molecule has 0 unspecified atom stereocenters.